The minimum atomic E-state index is 0.505. The van der Waals surface area contributed by atoms with Gasteiger partial charge in [-0.25, -0.2) is 4.98 Å². The number of hydrogen-bond acceptors (Lipinski definition) is 3. The molecule has 0 N–H and O–H groups in total. The molecule has 5 heteroatoms. The molecule has 3 nitrogen and oxygen atoms in total. The highest BCUT2D eigenvalue weighted by atomic mass is 35.5. The summed E-state index contributed by atoms with van der Waals surface area (Å²) in [6.45, 7) is 0. The first-order valence-corrected chi connectivity index (χ1v) is 8.40. The zero-order valence-corrected chi connectivity index (χ0v) is 14.5. The highest BCUT2D eigenvalue weighted by molar-refractivity contribution is 6.42. The Hall–Kier alpha value is -2.62. The molecule has 4 aromatic rings. The molecule has 0 aliphatic carbocycles. The highest BCUT2D eigenvalue weighted by Gasteiger charge is 2.08. The second kappa shape index (κ2) is 6.71. The van der Waals surface area contributed by atoms with E-state index in [1.165, 1.54) is 0 Å². The smallest absolute Gasteiger partial charge is 0.227 e. The van der Waals surface area contributed by atoms with Crippen molar-refractivity contribution in [2.45, 2.75) is 0 Å². The number of aliphatic imine (C=N–C) groups is 1. The molecule has 0 saturated heterocycles. The summed E-state index contributed by atoms with van der Waals surface area (Å²) in [6, 6.07) is 20.8. The Labute approximate surface area is 154 Å². The summed E-state index contributed by atoms with van der Waals surface area (Å²) in [5, 5.41) is 1.03. The number of benzene rings is 3. The van der Waals surface area contributed by atoms with Gasteiger partial charge in [0.2, 0.25) is 5.89 Å². The first-order valence-electron chi connectivity index (χ1n) is 7.64. The Bertz CT molecular complexity index is 1070. The second-order valence-corrected chi connectivity index (χ2v) is 6.28. The Morgan fingerprint density at radius 3 is 2.52 bits per heavy atom. The van der Waals surface area contributed by atoms with Crippen molar-refractivity contribution in [1.29, 1.82) is 0 Å². The number of halogens is 2. The molecule has 0 fully saturated rings. The topological polar surface area (TPSA) is 38.4 Å². The van der Waals surface area contributed by atoms with Crippen LogP contribution in [0.5, 0.6) is 0 Å². The lowest BCUT2D eigenvalue weighted by Crippen LogP contribution is -1.81. The lowest BCUT2D eigenvalue weighted by Gasteiger charge is -1.97. The zero-order valence-electron chi connectivity index (χ0n) is 13.0. The van der Waals surface area contributed by atoms with Crippen LogP contribution < -0.4 is 0 Å². The quantitative estimate of drug-likeness (QED) is 0.385. The van der Waals surface area contributed by atoms with E-state index in [1.54, 1.807) is 18.3 Å². The summed E-state index contributed by atoms with van der Waals surface area (Å²) in [5.41, 5.74) is 4.10. The van der Waals surface area contributed by atoms with Crippen LogP contribution in [-0.4, -0.2) is 11.2 Å². The molecule has 0 aliphatic rings. The third-order valence-electron chi connectivity index (χ3n) is 3.70. The summed E-state index contributed by atoms with van der Waals surface area (Å²) >= 11 is 11.9. The molecule has 122 valence electrons. The van der Waals surface area contributed by atoms with Crippen molar-refractivity contribution in [3.05, 3.63) is 82.3 Å². The van der Waals surface area contributed by atoms with Gasteiger partial charge in [0.15, 0.2) is 5.58 Å². The van der Waals surface area contributed by atoms with Crippen molar-refractivity contribution in [3.63, 3.8) is 0 Å². The van der Waals surface area contributed by atoms with Crippen molar-refractivity contribution in [1.82, 2.24) is 4.98 Å². The monoisotopic (exact) mass is 366 g/mol. The lowest BCUT2D eigenvalue weighted by molar-refractivity contribution is 0.620. The largest absolute Gasteiger partial charge is 0.436 e. The summed E-state index contributed by atoms with van der Waals surface area (Å²) in [4.78, 5) is 9.02. The number of aromatic nitrogens is 1. The van der Waals surface area contributed by atoms with E-state index in [0.29, 0.717) is 15.9 Å². The molecular formula is C20H12Cl2N2O. The van der Waals surface area contributed by atoms with Crippen LogP contribution in [0.4, 0.5) is 5.69 Å². The molecule has 0 spiro atoms. The van der Waals surface area contributed by atoms with Crippen LogP contribution in [0.3, 0.4) is 0 Å². The fourth-order valence-corrected chi connectivity index (χ4v) is 2.75. The predicted octanol–water partition coefficient (Wildman–Crippen LogP) is 6.55. The molecule has 0 amide bonds. The van der Waals surface area contributed by atoms with Gasteiger partial charge in [-0.2, -0.15) is 0 Å². The minimum absolute atomic E-state index is 0.505. The molecular weight excluding hydrogens is 355 g/mol. The Morgan fingerprint density at radius 2 is 1.72 bits per heavy atom. The van der Waals surface area contributed by atoms with Gasteiger partial charge in [-0.05, 0) is 48.0 Å². The van der Waals surface area contributed by atoms with Gasteiger partial charge in [-0.3, -0.25) is 4.99 Å². The van der Waals surface area contributed by atoms with Gasteiger partial charge in [0.25, 0.3) is 0 Å². The standard InChI is InChI=1S/C20H12Cl2N2O/c21-16-8-6-13(10-17(16)22)12-23-15-7-9-19-18(11-15)24-20(25-19)14-4-2-1-3-5-14/h1-12H. The van der Waals surface area contributed by atoms with Crippen molar-refractivity contribution in [2.24, 2.45) is 4.99 Å². The van der Waals surface area contributed by atoms with Gasteiger partial charge < -0.3 is 4.42 Å². The van der Waals surface area contributed by atoms with Crippen LogP contribution in [0.2, 0.25) is 10.0 Å². The first-order chi connectivity index (χ1) is 12.2. The molecule has 0 unspecified atom stereocenters. The van der Waals surface area contributed by atoms with E-state index < -0.39 is 0 Å². The summed E-state index contributed by atoms with van der Waals surface area (Å²) in [5.74, 6) is 0.598. The molecule has 0 bridgehead atoms. The van der Waals surface area contributed by atoms with Crippen LogP contribution >= 0.6 is 23.2 Å². The van der Waals surface area contributed by atoms with E-state index in [-0.39, 0.29) is 0 Å². The SMILES string of the molecule is Clc1ccc(C=Nc2ccc3oc(-c4ccccc4)nc3c2)cc1Cl. The van der Waals surface area contributed by atoms with Crippen molar-refractivity contribution >= 4 is 46.2 Å². The molecule has 4 rings (SSSR count). The maximum absolute atomic E-state index is 6.02. The molecule has 1 heterocycles. The van der Waals surface area contributed by atoms with E-state index in [1.807, 2.05) is 54.6 Å². The Kier molecular flexibility index (Phi) is 4.26. The molecule has 0 radical (unpaired) electrons. The average molecular weight is 367 g/mol. The molecule has 1 aromatic heterocycles. The van der Waals surface area contributed by atoms with E-state index in [9.17, 15) is 0 Å². The van der Waals surface area contributed by atoms with Crippen molar-refractivity contribution < 1.29 is 4.42 Å². The Balaban J connectivity index is 1.64. The average Bonchev–Trinajstić information content (AvgIpc) is 3.07. The number of fused-ring (bicyclic) bond motifs is 1. The van der Waals surface area contributed by atoms with E-state index >= 15 is 0 Å². The van der Waals surface area contributed by atoms with Gasteiger partial charge in [0.1, 0.15) is 5.52 Å². The maximum Gasteiger partial charge on any atom is 0.227 e. The summed E-state index contributed by atoms with van der Waals surface area (Å²) in [7, 11) is 0. The van der Waals surface area contributed by atoms with Crippen LogP contribution in [-0.2, 0) is 0 Å². The van der Waals surface area contributed by atoms with Crippen molar-refractivity contribution in [3.8, 4) is 11.5 Å². The van der Waals surface area contributed by atoms with Gasteiger partial charge in [-0.1, -0.05) is 47.5 Å². The second-order valence-electron chi connectivity index (χ2n) is 5.47. The molecule has 0 saturated carbocycles. The molecule has 0 aliphatic heterocycles. The molecule has 0 atom stereocenters. The van der Waals surface area contributed by atoms with Gasteiger partial charge in [-0.15, -0.1) is 0 Å². The number of rotatable bonds is 3. The van der Waals surface area contributed by atoms with E-state index in [4.69, 9.17) is 27.6 Å². The van der Waals surface area contributed by atoms with Crippen LogP contribution in [0.15, 0.2) is 76.1 Å². The van der Waals surface area contributed by atoms with Crippen LogP contribution in [0.1, 0.15) is 5.56 Å². The first kappa shape index (κ1) is 15.9. The molecule has 3 aromatic carbocycles. The van der Waals surface area contributed by atoms with Gasteiger partial charge in [0, 0.05) is 11.8 Å². The predicted molar refractivity (Wildman–Crippen MR) is 103 cm³/mol. The van der Waals surface area contributed by atoms with Crippen LogP contribution in [0, 0.1) is 0 Å². The maximum atomic E-state index is 6.02. The van der Waals surface area contributed by atoms with Gasteiger partial charge in [0.05, 0.1) is 15.7 Å². The minimum Gasteiger partial charge on any atom is -0.436 e. The van der Waals surface area contributed by atoms with E-state index in [2.05, 4.69) is 9.98 Å². The molecule has 25 heavy (non-hydrogen) atoms. The fraction of sp³-hybridized carbons (Fsp3) is 0. The zero-order chi connectivity index (χ0) is 17.2. The van der Waals surface area contributed by atoms with Crippen LogP contribution in [0.25, 0.3) is 22.6 Å². The van der Waals surface area contributed by atoms with Gasteiger partial charge >= 0.3 is 0 Å². The number of nitrogens with zero attached hydrogens (tertiary/aromatic N) is 2. The third kappa shape index (κ3) is 3.43. The third-order valence-corrected chi connectivity index (χ3v) is 4.44. The summed E-state index contributed by atoms with van der Waals surface area (Å²) in [6.07, 6.45) is 1.74. The summed E-state index contributed by atoms with van der Waals surface area (Å²) < 4.78 is 5.81. The highest BCUT2D eigenvalue weighted by Crippen LogP contribution is 2.27. The lowest BCUT2D eigenvalue weighted by atomic mass is 10.2. The Morgan fingerprint density at radius 1 is 0.880 bits per heavy atom. The van der Waals surface area contributed by atoms with E-state index in [0.717, 1.165) is 27.9 Å². The normalized spacial score (nSPS) is 11.4. The number of oxazole rings is 1. The number of hydrogen-bond donors (Lipinski definition) is 0. The fourth-order valence-electron chi connectivity index (χ4n) is 2.44. The van der Waals surface area contributed by atoms with Crippen molar-refractivity contribution in [2.75, 3.05) is 0 Å².